The van der Waals surface area contributed by atoms with Gasteiger partial charge in [0.2, 0.25) is 0 Å². The Kier molecular flexibility index (Phi) is 4.37. The quantitative estimate of drug-likeness (QED) is 0.919. The van der Waals surface area contributed by atoms with Crippen molar-refractivity contribution in [1.82, 2.24) is 10.3 Å². The largest absolute Gasteiger partial charge is 0.345 e. The summed E-state index contributed by atoms with van der Waals surface area (Å²) in [7, 11) is 0. The average molecular weight is 346 g/mol. The third-order valence-corrected chi connectivity index (χ3v) is 4.10. The second-order valence-electron chi connectivity index (χ2n) is 3.69. The first kappa shape index (κ1) is 13.5. The van der Waals surface area contributed by atoms with Crippen LogP contribution < -0.4 is 5.32 Å². The summed E-state index contributed by atoms with van der Waals surface area (Å²) >= 11 is 10.7. The summed E-state index contributed by atoms with van der Waals surface area (Å²) in [4.78, 5) is 16.2. The van der Waals surface area contributed by atoms with Crippen LogP contribution in [0.1, 0.15) is 21.1 Å². The van der Waals surface area contributed by atoms with Gasteiger partial charge in [-0.25, -0.2) is 4.98 Å². The van der Waals surface area contributed by atoms with Crippen molar-refractivity contribution in [3.63, 3.8) is 0 Å². The van der Waals surface area contributed by atoms with E-state index in [-0.39, 0.29) is 5.91 Å². The van der Waals surface area contributed by atoms with Crippen molar-refractivity contribution in [1.29, 1.82) is 0 Å². The average Bonchev–Trinajstić information content (AvgIpc) is 2.72. The summed E-state index contributed by atoms with van der Waals surface area (Å²) in [5.41, 5.74) is 1.53. The maximum Gasteiger partial charge on any atom is 0.252 e. The fourth-order valence-electron chi connectivity index (χ4n) is 1.41. The van der Waals surface area contributed by atoms with Crippen molar-refractivity contribution in [3.05, 3.63) is 49.3 Å². The van der Waals surface area contributed by atoms with Gasteiger partial charge in [-0.2, -0.15) is 0 Å². The number of benzene rings is 1. The first-order valence-corrected chi connectivity index (χ1v) is 7.25. The first-order chi connectivity index (χ1) is 8.56. The van der Waals surface area contributed by atoms with Crippen molar-refractivity contribution in [2.45, 2.75) is 13.5 Å². The number of carbonyl (C=O) groups excluding carboxylic acids is 1. The summed E-state index contributed by atoms with van der Waals surface area (Å²) in [6.45, 7) is 2.37. The molecule has 1 amide bonds. The van der Waals surface area contributed by atoms with Crippen LogP contribution in [0.4, 0.5) is 0 Å². The standard InChI is InChI=1S/C12H10BrClN2OS/c1-7-6-18-11(16-7)5-15-12(17)9-3-2-8(14)4-10(9)13/h2-4,6H,5H2,1H3,(H,15,17). The third-order valence-electron chi connectivity index (χ3n) is 2.24. The normalized spacial score (nSPS) is 10.4. The zero-order chi connectivity index (χ0) is 13.1. The van der Waals surface area contributed by atoms with Gasteiger partial charge in [-0.15, -0.1) is 11.3 Å². The molecule has 0 aliphatic carbocycles. The molecule has 0 unspecified atom stereocenters. The van der Waals surface area contributed by atoms with Crippen LogP contribution in [0.2, 0.25) is 5.02 Å². The van der Waals surface area contributed by atoms with Gasteiger partial charge < -0.3 is 5.32 Å². The van der Waals surface area contributed by atoms with Gasteiger partial charge in [-0.3, -0.25) is 4.79 Å². The number of nitrogens with zero attached hydrogens (tertiary/aromatic N) is 1. The number of thiazole rings is 1. The second kappa shape index (κ2) is 5.82. The molecule has 1 N–H and O–H groups in total. The molecule has 1 aromatic carbocycles. The van der Waals surface area contributed by atoms with E-state index in [2.05, 4.69) is 26.2 Å². The Labute approximate surface area is 122 Å². The Bertz CT molecular complexity index is 585. The topological polar surface area (TPSA) is 42.0 Å². The third kappa shape index (κ3) is 3.31. The number of carbonyl (C=O) groups is 1. The lowest BCUT2D eigenvalue weighted by molar-refractivity contribution is 0.0950. The minimum Gasteiger partial charge on any atom is -0.345 e. The van der Waals surface area contributed by atoms with Crippen molar-refractivity contribution >= 4 is 44.8 Å². The number of halogens is 2. The van der Waals surface area contributed by atoms with Crippen LogP contribution in [0, 0.1) is 6.92 Å². The van der Waals surface area contributed by atoms with E-state index < -0.39 is 0 Å². The van der Waals surface area contributed by atoms with Gasteiger partial charge in [0.25, 0.3) is 5.91 Å². The fraction of sp³-hybridized carbons (Fsp3) is 0.167. The van der Waals surface area contributed by atoms with E-state index in [1.807, 2.05) is 12.3 Å². The van der Waals surface area contributed by atoms with E-state index in [9.17, 15) is 4.79 Å². The molecule has 0 saturated heterocycles. The Morgan fingerprint density at radius 2 is 2.33 bits per heavy atom. The molecule has 0 atom stereocenters. The molecule has 0 bridgehead atoms. The van der Waals surface area contributed by atoms with Gasteiger partial charge in [0.1, 0.15) is 5.01 Å². The molecular formula is C12H10BrClN2OS. The number of hydrogen-bond donors (Lipinski definition) is 1. The number of rotatable bonds is 3. The molecular weight excluding hydrogens is 336 g/mol. The highest BCUT2D eigenvalue weighted by atomic mass is 79.9. The summed E-state index contributed by atoms with van der Waals surface area (Å²) in [6.07, 6.45) is 0. The minimum atomic E-state index is -0.147. The van der Waals surface area contributed by atoms with Crippen molar-refractivity contribution in [2.24, 2.45) is 0 Å². The van der Waals surface area contributed by atoms with Crippen molar-refractivity contribution < 1.29 is 4.79 Å². The van der Waals surface area contributed by atoms with Crippen LogP contribution in [0.15, 0.2) is 28.1 Å². The lowest BCUT2D eigenvalue weighted by Crippen LogP contribution is -2.23. The lowest BCUT2D eigenvalue weighted by atomic mass is 10.2. The number of nitrogens with one attached hydrogen (secondary N) is 1. The molecule has 6 heteroatoms. The van der Waals surface area contributed by atoms with Gasteiger partial charge in [-0.05, 0) is 41.1 Å². The number of aromatic nitrogens is 1. The highest BCUT2D eigenvalue weighted by Gasteiger charge is 2.10. The van der Waals surface area contributed by atoms with E-state index in [4.69, 9.17) is 11.6 Å². The summed E-state index contributed by atoms with van der Waals surface area (Å²) in [6, 6.07) is 5.08. The van der Waals surface area contributed by atoms with E-state index in [1.54, 1.807) is 18.2 Å². The van der Waals surface area contributed by atoms with Gasteiger partial charge in [-0.1, -0.05) is 11.6 Å². The SMILES string of the molecule is Cc1csc(CNC(=O)c2ccc(Cl)cc2Br)n1. The van der Waals surface area contributed by atoms with Gasteiger partial charge in [0.05, 0.1) is 12.1 Å². The molecule has 94 valence electrons. The molecule has 0 aliphatic rings. The summed E-state index contributed by atoms with van der Waals surface area (Å²) < 4.78 is 0.683. The monoisotopic (exact) mass is 344 g/mol. The van der Waals surface area contributed by atoms with Gasteiger partial charge in [0, 0.05) is 20.6 Å². The molecule has 0 saturated carbocycles. The molecule has 3 nitrogen and oxygen atoms in total. The predicted octanol–water partition coefficient (Wildman–Crippen LogP) is 3.80. The molecule has 1 heterocycles. The summed E-state index contributed by atoms with van der Waals surface area (Å²) in [5, 5.41) is 6.27. The lowest BCUT2D eigenvalue weighted by Gasteiger charge is -2.05. The Balaban J connectivity index is 2.03. The van der Waals surface area contributed by atoms with Crippen molar-refractivity contribution in [3.8, 4) is 0 Å². The fourth-order valence-corrected chi connectivity index (χ4v) is 2.98. The minimum absolute atomic E-state index is 0.147. The number of amides is 1. The zero-order valence-electron chi connectivity index (χ0n) is 9.54. The van der Waals surface area contributed by atoms with Gasteiger partial charge in [0.15, 0.2) is 0 Å². The van der Waals surface area contributed by atoms with E-state index in [0.29, 0.717) is 21.6 Å². The van der Waals surface area contributed by atoms with Crippen molar-refractivity contribution in [2.75, 3.05) is 0 Å². The highest BCUT2D eigenvalue weighted by molar-refractivity contribution is 9.10. The van der Waals surface area contributed by atoms with E-state index in [0.717, 1.165) is 10.7 Å². The van der Waals surface area contributed by atoms with E-state index in [1.165, 1.54) is 11.3 Å². The van der Waals surface area contributed by atoms with Gasteiger partial charge >= 0.3 is 0 Å². The van der Waals surface area contributed by atoms with Crippen LogP contribution in [0.25, 0.3) is 0 Å². The smallest absolute Gasteiger partial charge is 0.252 e. The molecule has 0 aliphatic heterocycles. The maximum absolute atomic E-state index is 11.9. The first-order valence-electron chi connectivity index (χ1n) is 5.20. The van der Waals surface area contributed by atoms with Crippen LogP contribution in [-0.2, 0) is 6.54 Å². The molecule has 0 fully saturated rings. The number of aryl methyl sites for hydroxylation is 1. The molecule has 0 spiro atoms. The molecule has 0 radical (unpaired) electrons. The number of hydrogen-bond acceptors (Lipinski definition) is 3. The van der Waals surface area contributed by atoms with Crippen LogP contribution in [0.3, 0.4) is 0 Å². The summed E-state index contributed by atoms with van der Waals surface area (Å²) in [5.74, 6) is -0.147. The molecule has 1 aromatic heterocycles. The van der Waals surface area contributed by atoms with Crippen LogP contribution in [-0.4, -0.2) is 10.9 Å². The Hall–Kier alpha value is -0.910. The van der Waals surface area contributed by atoms with E-state index >= 15 is 0 Å². The Morgan fingerprint density at radius 3 is 2.94 bits per heavy atom. The molecule has 18 heavy (non-hydrogen) atoms. The Morgan fingerprint density at radius 1 is 1.56 bits per heavy atom. The highest BCUT2D eigenvalue weighted by Crippen LogP contribution is 2.21. The van der Waals surface area contributed by atoms with Crippen LogP contribution >= 0.6 is 38.9 Å². The van der Waals surface area contributed by atoms with Crippen LogP contribution in [0.5, 0.6) is 0 Å². The molecule has 2 aromatic rings. The second-order valence-corrected chi connectivity index (χ2v) is 5.92. The zero-order valence-corrected chi connectivity index (χ0v) is 12.7. The molecule has 2 rings (SSSR count). The maximum atomic E-state index is 11.9. The predicted molar refractivity (Wildman–Crippen MR) is 77.2 cm³/mol.